The molecule has 0 saturated carbocycles. The topological polar surface area (TPSA) is 96.4 Å². The Kier molecular flexibility index (Phi) is 6.68. The van der Waals surface area contributed by atoms with Crippen LogP contribution in [0.1, 0.15) is 23.0 Å². The highest BCUT2D eigenvalue weighted by molar-refractivity contribution is 5.92. The van der Waals surface area contributed by atoms with E-state index in [1.54, 1.807) is 15.8 Å². The maximum atomic E-state index is 12.6. The number of benzene rings is 1. The number of hydrogen-bond acceptors (Lipinski definition) is 6. The van der Waals surface area contributed by atoms with Crippen LogP contribution in [0.3, 0.4) is 0 Å². The monoisotopic (exact) mass is 417 g/mol. The molecule has 2 aromatic heterocycles. The molecule has 3 heterocycles. The summed E-state index contributed by atoms with van der Waals surface area (Å²) < 4.78 is 7.26. The van der Waals surface area contributed by atoms with Gasteiger partial charge in [0.2, 0.25) is 5.89 Å². The van der Waals surface area contributed by atoms with E-state index in [9.17, 15) is 4.79 Å². The molecular weight excluding hydrogens is 394 g/mol. The van der Waals surface area contributed by atoms with Crippen molar-refractivity contribution in [3.63, 3.8) is 0 Å². The smallest absolute Gasteiger partial charge is 0.275 e. The number of aliphatic hydroxyl groups is 1. The van der Waals surface area contributed by atoms with Gasteiger partial charge in [0, 0.05) is 38.5 Å². The maximum Gasteiger partial charge on any atom is 0.275 e. The van der Waals surface area contributed by atoms with E-state index in [0.29, 0.717) is 36.7 Å². The predicted molar refractivity (Wildman–Crippen MR) is 110 cm³/mol. The van der Waals surface area contributed by atoms with Crippen LogP contribution < -0.4 is 5.32 Å². The van der Waals surface area contributed by atoms with Crippen molar-refractivity contribution in [2.24, 2.45) is 0 Å². The standard InChI is InChI=1S/C20H23N5O3.ClH/c1-14-11-24(8-7-21-14)20(27)18-13-28-19(23-18)16-10-22-25(12-16)17-4-2-15(3-5-17)6-9-26;/h2-5,10,12-14,21,26H,6-9,11H2,1H3;1H/t14-;/m0./s1. The molecule has 1 aromatic carbocycles. The number of nitrogens with one attached hydrogen (secondary N) is 1. The van der Waals surface area contributed by atoms with Gasteiger partial charge in [-0.1, -0.05) is 12.1 Å². The zero-order valence-electron chi connectivity index (χ0n) is 16.1. The lowest BCUT2D eigenvalue weighted by molar-refractivity contribution is 0.0703. The van der Waals surface area contributed by atoms with Crippen molar-refractivity contribution in [2.45, 2.75) is 19.4 Å². The van der Waals surface area contributed by atoms with Crippen molar-refractivity contribution < 1.29 is 14.3 Å². The quantitative estimate of drug-likeness (QED) is 0.658. The van der Waals surface area contributed by atoms with Crippen LogP contribution in [0.2, 0.25) is 0 Å². The summed E-state index contributed by atoms with van der Waals surface area (Å²) in [5.74, 6) is 0.255. The summed E-state index contributed by atoms with van der Waals surface area (Å²) in [5, 5.41) is 16.7. The van der Waals surface area contributed by atoms with Gasteiger partial charge in [0.05, 0.1) is 17.4 Å². The summed E-state index contributed by atoms with van der Waals surface area (Å²) in [5.41, 5.74) is 2.97. The lowest BCUT2D eigenvalue weighted by atomic mass is 10.1. The molecule has 29 heavy (non-hydrogen) atoms. The van der Waals surface area contributed by atoms with Crippen LogP contribution in [0.15, 0.2) is 47.3 Å². The second-order valence-electron chi connectivity index (χ2n) is 6.96. The lowest BCUT2D eigenvalue weighted by Crippen LogP contribution is -2.51. The molecule has 8 nitrogen and oxygen atoms in total. The fourth-order valence-electron chi connectivity index (χ4n) is 3.30. The van der Waals surface area contributed by atoms with E-state index < -0.39 is 0 Å². The fraction of sp³-hybridized carbons (Fsp3) is 0.350. The van der Waals surface area contributed by atoms with E-state index in [0.717, 1.165) is 17.8 Å². The second-order valence-corrected chi connectivity index (χ2v) is 6.96. The molecule has 1 aliphatic heterocycles. The minimum Gasteiger partial charge on any atom is -0.444 e. The fourth-order valence-corrected chi connectivity index (χ4v) is 3.30. The van der Waals surface area contributed by atoms with Crippen molar-refractivity contribution in [3.05, 3.63) is 54.2 Å². The maximum absolute atomic E-state index is 12.6. The highest BCUT2D eigenvalue weighted by Crippen LogP contribution is 2.21. The van der Waals surface area contributed by atoms with E-state index >= 15 is 0 Å². The number of piperazine rings is 1. The number of oxazole rings is 1. The third kappa shape index (κ3) is 4.67. The number of aromatic nitrogens is 3. The zero-order chi connectivity index (χ0) is 19.5. The molecule has 0 spiro atoms. The van der Waals surface area contributed by atoms with Crippen molar-refractivity contribution in [3.8, 4) is 17.1 Å². The van der Waals surface area contributed by atoms with Crippen LogP contribution in [0, 0.1) is 0 Å². The van der Waals surface area contributed by atoms with E-state index in [2.05, 4.69) is 22.3 Å². The van der Waals surface area contributed by atoms with E-state index in [1.807, 2.05) is 30.5 Å². The van der Waals surface area contributed by atoms with Crippen LogP contribution in [-0.4, -0.2) is 63.0 Å². The minimum atomic E-state index is -0.116. The molecule has 0 aliphatic carbocycles. The average molecular weight is 418 g/mol. The van der Waals surface area contributed by atoms with E-state index in [-0.39, 0.29) is 31.0 Å². The Bertz CT molecular complexity index is 953. The Morgan fingerprint density at radius 3 is 2.86 bits per heavy atom. The third-order valence-corrected chi connectivity index (χ3v) is 4.81. The highest BCUT2D eigenvalue weighted by Gasteiger charge is 2.24. The van der Waals surface area contributed by atoms with Crippen molar-refractivity contribution >= 4 is 18.3 Å². The number of hydrogen-bond donors (Lipinski definition) is 2. The first-order valence-corrected chi connectivity index (χ1v) is 9.37. The van der Waals surface area contributed by atoms with Crippen LogP contribution in [-0.2, 0) is 6.42 Å². The molecule has 0 radical (unpaired) electrons. The van der Waals surface area contributed by atoms with Gasteiger partial charge < -0.3 is 19.7 Å². The molecule has 0 unspecified atom stereocenters. The van der Waals surface area contributed by atoms with Crippen LogP contribution in [0.5, 0.6) is 0 Å². The molecular formula is C20H24ClN5O3. The Balaban J connectivity index is 0.00000240. The summed E-state index contributed by atoms with van der Waals surface area (Å²) in [7, 11) is 0. The molecule has 1 saturated heterocycles. The van der Waals surface area contributed by atoms with Gasteiger partial charge in [-0.2, -0.15) is 5.10 Å². The number of rotatable bonds is 5. The van der Waals surface area contributed by atoms with Gasteiger partial charge in [-0.05, 0) is 31.0 Å². The number of amides is 1. The molecule has 2 N–H and O–H groups in total. The SMILES string of the molecule is C[C@H]1CN(C(=O)c2coc(-c3cnn(-c4ccc(CCO)cc4)c3)n2)CCN1.Cl. The first-order chi connectivity index (χ1) is 13.6. The van der Waals surface area contributed by atoms with Gasteiger partial charge in [-0.3, -0.25) is 4.79 Å². The van der Waals surface area contributed by atoms with Gasteiger partial charge in [0.1, 0.15) is 6.26 Å². The van der Waals surface area contributed by atoms with Gasteiger partial charge in [-0.25, -0.2) is 9.67 Å². The molecule has 9 heteroatoms. The van der Waals surface area contributed by atoms with Gasteiger partial charge in [0.15, 0.2) is 5.69 Å². The summed E-state index contributed by atoms with van der Waals surface area (Å²) in [4.78, 5) is 18.8. The number of halogens is 1. The van der Waals surface area contributed by atoms with Crippen LogP contribution in [0.25, 0.3) is 17.1 Å². The predicted octanol–water partition coefficient (Wildman–Crippen LogP) is 1.92. The summed E-state index contributed by atoms with van der Waals surface area (Å²) in [6.45, 7) is 4.28. The largest absolute Gasteiger partial charge is 0.444 e. The summed E-state index contributed by atoms with van der Waals surface area (Å²) in [6, 6.07) is 8.08. The van der Waals surface area contributed by atoms with Crippen molar-refractivity contribution in [1.29, 1.82) is 0 Å². The molecule has 1 fully saturated rings. The third-order valence-electron chi connectivity index (χ3n) is 4.81. The lowest BCUT2D eigenvalue weighted by Gasteiger charge is -2.31. The van der Waals surface area contributed by atoms with E-state index in [4.69, 9.17) is 9.52 Å². The number of aliphatic hydroxyl groups excluding tert-OH is 1. The van der Waals surface area contributed by atoms with Gasteiger partial charge in [0.25, 0.3) is 5.91 Å². The molecule has 4 rings (SSSR count). The zero-order valence-corrected chi connectivity index (χ0v) is 16.9. The van der Waals surface area contributed by atoms with Crippen molar-refractivity contribution in [1.82, 2.24) is 25.0 Å². The molecule has 1 atom stereocenters. The number of carbonyl (C=O) groups excluding carboxylic acids is 1. The number of nitrogens with zero attached hydrogens (tertiary/aromatic N) is 4. The summed E-state index contributed by atoms with van der Waals surface area (Å²) in [6.07, 6.45) is 5.51. The normalized spacial score (nSPS) is 16.5. The van der Waals surface area contributed by atoms with Crippen molar-refractivity contribution in [2.75, 3.05) is 26.2 Å². The summed E-state index contributed by atoms with van der Waals surface area (Å²) >= 11 is 0. The first kappa shape index (κ1) is 21.0. The Morgan fingerprint density at radius 2 is 2.14 bits per heavy atom. The van der Waals surface area contributed by atoms with Gasteiger partial charge in [-0.15, -0.1) is 12.4 Å². The second kappa shape index (κ2) is 9.21. The Morgan fingerprint density at radius 1 is 1.34 bits per heavy atom. The first-order valence-electron chi connectivity index (χ1n) is 9.37. The van der Waals surface area contributed by atoms with E-state index in [1.165, 1.54) is 6.26 Å². The molecule has 0 bridgehead atoms. The van der Waals surface area contributed by atoms with Crippen LogP contribution in [0.4, 0.5) is 0 Å². The molecule has 3 aromatic rings. The minimum absolute atomic E-state index is 0. The highest BCUT2D eigenvalue weighted by atomic mass is 35.5. The number of carbonyl (C=O) groups is 1. The Labute approximate surface area is 174 Å². The molecule has 1 amide bonds. The Hall–Kier alpha value is -2.68. The molecule has 154 valence electrons. The molecule has 1 aliphatic rings. The average Bonchev–Trinajstić information content (AvgIpc) is 3.38. The van der Waals surface area contributed by atoms with Crippen LogP contribution >= 0.6 is 12.4 Å². The van der Waals surface area contributed by atoms with Gasteiger partial charge >= 0.3 is 0 Å².